The van der Waals surface area contributed by atoms with Crippen LogP contribution in [0.15, 0.2) is 18.2 Å². The Balaban J connectivity index is 2.21. The summed E-state index contributed by atoms with van der Waals surface area (Å²) in [7, 11) is 3.48. The number of anilines is 1. The number of carbonyl (C=O) groups excluding carboxylic acids is 1. The number of ether oxygens (including phenoxy) is 1. The van der Waals surface area contributed by atoms with Gasteiger partial charge in [-0.2, -0.15) is 0 Å². The molecule has 0 saturated carbocycles. The maximum absolute atomic E-state index is 12.3. The summed E-state index contributed by atoms with van der Waals surface area (Å²) < 4.78 is 5.24. The number of methoxy groups -OCH3 is 1. The predicted molar refractivity (Wildman–Crippen MR) is 79.5 cm³/mol. The number of nitrogens with zero attached hydrogens (tertiary/aromatic N) is 2. The van der Waals surface area contributed by atoms with E-state index in [1.807, 2.05) is 33.0 Å². The molecule has 5 heteroatoms. The number of nitrogens with two attached hydrogens (primary N) is 1. The van der Waals surface area contributed by atoms with E-state index in [1.165, 1.54) is 0 Å². The van der Waals surface area contributed by atoms with Gasteiger partial charge in [-0.1, -0.05) is 0 Å². The van der Waals surface area contributed by atoms with Crippen LogP contribution in [0.1, 0.15) is 19.4 Å². The maximum Gasteiger partial charge on any atom is 0.242 e. The van der Waals surface area contributed by atoms with E-state index in [2.05, 4.69) is 4.90 Å². The highest BCUT2D eigenvalue weighted by Gasteiger charge is 2.40. The molecule has 2 rings (SSSR count). The molecule has 1 aromatic rings. The van der Waals surface area contributed by atoms with Gasteiger partial charge in [0.2, 0.25) is 5.91 Å². The summed E-state index contributed by atoms with van der Waals surface area (Å²) in [6.07, 6.45) is 0. The van der Waals surface area contributed by atoms with E-state index < -0.39 is 5.54 Å². The van der Waals surface area contributed by atoms with Crippen molar-refractivity contribution in [2.45, 2.75) is 25.9 Å². The minimum Gasteiger partial charge on any atom is -0.497 e. The molecule has 0 atom stereocenters. The molecule has 1 amide bonds. The van der Waals surface area contributed by atoms with Crippen molar-refractivity contribution in [3.63, 3.8) is 0 Å². The number of nitrogen functional groups attached to an aromatic ring is 1. The first-order valence-electron chi connectivity index (χ1n) is 6.78. The van der Waals surface area contributed by atoms with Crippen LogP contribution in [0.4, 0.5) is 5.69 Å². The van der Waals surface area contributed by atoms with Gasteiger partial charge in [0.15, 0.2) is 0 Å². The number of likely N-dealkylation sites (N-methyl/N-ethyl adjacent to an activating group) is 1. The standard InChI is InChI=1S/C15H23N3O2/c1-15(2)14(19)17(3)5-6-18(15)10-11-7-12(16)9-13(8-11)20-4/h7-9H,5-6,10,16H2,1-4H3. The number of carbonyl (C=O) groups is 1. The van der Waals surface area contributed by atoms with E-state index in [9.17, 15) is 4.79 Å². The van der Waals surface area contributed by atoms with Crippen molar-refractivity contribution in [3.05, 3.63) is 23.8 Å². The lowest BCUT2D eigenvalue weighted by atomic mass is 9.97. The van der Waals surface area contributed by atoms with Crippen LogP contribution in [0, 0.1) is 0 Å². The summed E-state index contributed by atoms with van der Waals surface area (Å²) in [5, 5.41) is 0. The molecule has 0 aromatic heterocycles. The van der Waals surface area contributed by atoms with Gasteiger partial charge < -0.3 is 15.4 Å². The van der Waals surface area contributed by atoms with Crippen molar-refractivity contribution in [3.8, 4) is 5.75 Å². The van der Waals surface area contributed by atoms with Crippen molar-refractivity contribution in [2.24, 2.45) is 0 Å². The zero-order chi connectivity index (χ0) is 14.9. The van der Waals surface area contributed by atoms with Crippen LogP contribution in [0.5, 0.6) is 5.75 Å². The molecular formula is C15H23N3O2. The zero-order valence-corrected chi connectivity index (χ0v) is 12.6. The van der Waals surface area contributed by atoms with Crippen LogP contribution in [-0.4, -0.2) is 48.5 Å². The first-order valence-corrected chi connectivity index (χ1v) is 6.78. The van der Waals surface area contributed by atoms with Gasteiger partial charge in [0.25, 0.3) is 0 Å². The third kappa shape index (κ3) is 2.72. The summed E-state index contributed by atoms with van der Waals surface area (Å²) in [5.74, 6) is 0.901. The Morgan fingerprint density at radius 3 is 2.65 bits per heavy atom. The average molecular weight is 277 g/mol. The zero-order valence-electron chi connectivity index (χ0n) is 12.6. The normalized spacial score (nSPS) is 19.2. The van der Waals surface area contributed by atoms with Gasteiger partial charge >= 0.3 is 0 Å². The summed E-state index contributed by atoms with van der Waals surface area (Å²) in [5.41, 5.74) is 7.13. The molecule has 0 unspecified atom stereocenters. The maximum atomic E-state index is 12.3. The van der Waals surface area contributed by atoms with Gasteiger partial charge in [-0.25, -0.2) is 0 Å². The molecule has 1 saturated heterocycles. The van der Waals surface area contributed by atoms with Crippen molar-refractivity contribution in [1.29, 1.82) is 0 Å². The lowest BCUT2D eigenvalue weighted by Crippen LogP contribution is -2.61. The van der Waals surface area contributed by atoms with E-state index >= 15 is 0 Å². The fraction of sp³-hybridized carbons (Fsp3) is 0.533. The topological polar surface area (TPSA) is 58.8 Å². The Morgan fingerprint density at radius 2 is 2.00 bits per heavy atom. The largest absolute Gasteiger partial charge is 0.497 e. The van der Waals surface area contributed by atoms with Crippen LogP contribution >= 0.6 is 0 Å². The molecule has 1 heterocycles. The second-order valence-electron chi connectivity index (χ2n) is 5.82. The Morgan fingerprint density at radius 1 is 1.30 bits per heavy atom. The van der Waals surface area contributed by atoms with E-state index in [-0.39, 0.29) is 5.91 Å². The molecule has 110 valence electrons. The van der Waals surface area contributed by atoms with Gasteiger partial charge in [-0.05, 0) is 31.5 Å². The molecule has 0 radical (unpaired) electrons. The van der Waals surface area contributed by atoms with E-state index in [0.29, 0.717) is 12.2 Å². The van der Waals surface area contributed by atoms with Gasteiger partial charge in [0.05, 0.1) is 12.6 Å². The smallest absolute Gasteiger partial charge is 0.242 e. The molecule has 1 aliphatic heterocycles. The lowest BCUT2D eigenvalue weighted by molar-refractivity contribution is -0.147. The highest BCUT2D eigenvalue weighted by molar-refractivity contribution is 5.86. The van der Waals surface area contributed by atoms with Crippen LogP contribution in [-0.2, 0) is 11.3 Å². The monoisotopic (exact) mass is 277 g/mol. The molecule has 1 aromatic carbocycles. The van der Waals surface area contributed by atoms with Crippen molar-refractivity contribution < 1.29 is 9.53 Å². The van der Waals surface area contributed by atoms with Gasteiger partial charge in [-0.15, -0.1) is 0 Å². The minimum atomic E-state index is -0.495. The minimum absolute atomic E-state index is 0.152. The van der Waals surface area contributed by atoms with E-state index in [1.54, 1.807) is 18.1 Å². The molecule has 0 spiro atoms. The van der Waals surface area contributed by atoms with Crippen LogP contribution < -0.4 is 10.5 Å². The van der Waals surface area contributed by atoms with E-state index in [4.69, 9.17) is 10.5 Å². The van der Waals surface area contributed by atoms with Crippen molar-refractivity contribution in [1.82, 2.24) is 9.80 Å². The molecule has 0 bridgehead atoms. The van der Waals surface area contributed by atoms with Crippen molar-refractivity contribution >= 4 is 11.6 Å². The van der Waals surface area contributed by atoms with E-state index in [0.717, 1.165) is 24.4 Å². The van der Waals surface area contributed by atoms with Crippen molar-refractivity contribution in [2.75, 3.05) is 33.0 Å². The first kappa shape index (κ1) is 14.7. The number of benzene rings is 1. The first-order chi connectivity index (χ1) is 9.34. The molecule has 1 fully saturated rings. The quantitative estimate of drug-likeness (QED) is 0.847. The number of hydrogen-bond donors (Lipinski definition) is 1. The predicted octanol–water partition coefficient (Wildman–Crippen LogP) is 1.33. The average Bonchev–Trinajstić information content (AvgIpc) is 2.39. The summed E-state index contributed by atoms with van der Waals surface area (Å²) in [6, 6.07) is 5.69. The Kier molecular flexibility index (Phi) is 3.90. The molecule has 0 aliphatic carbocycles. The van der Waals surface area contributed by atoms with Gasteiger partial charge in [0, 0.05) is 38.4 Å². The number of amides is 1. The van der Waals surface area contributed by atoms with Crippen LogP contribution in [0.3, 0.4) is 0 Å². The number of hydrogen-bond acceptors (Lipinski definition) is 4. The summed E-state index contributed by atoms with van der Waals surface area (Å²) in [6.45, 7) is 6.23. The second-order valence-corrected chi connectivity index (χ2v) is 5.82. The molecule has 5 nitrogen and oxygen atoms in total. The molecule has 2 N–H and O–H groups in total. The SMILES string of the molecule is COc1cc(N)cc(CN2CCN(C)C(=O)C2(C)C)c1. The number of rotatable bonds is 3. The van der Waals surface area contributed by atoms with Crippen LogP contribution in [0.25, 0.3) is 0 Å². The fourth-order valence-electron chi connectivity index (χ4n) is 2.65. The molecule has 1 aliphatic rings. The highest BCUT2D eigenvalue weighted by atomic mass is 16.5. The lowest BCUT2D eigenvalue weighted by Gasteiger charge is -2.44. The Bertz CT molecular complexity index is 514. The van der Waals surface area contributed by atoms with Gasteiger partial charge in [0.1, 0.15) is 5.75 Å². The summed E-state index contributed by atoms with van der Waals surface area (Å²) in [4.78, 5) is 16.2. The van der Waals surface area contributed by atoms with Crippen LogP contribution in [0.2, 0.25) is 0 Å². The van der Waals surface area contributed by atoms with Gasteiger partial charge in [-0.3, -0.25) is 9.69 Å². The Labute approximate surface area is 120 Å². The third-order valence-electron chi connectivity index (χ3n) is 3.96. The number of piperazine rings is 1. The molecular weight excluding hydrogens is 254 g/mol. The summed E-state index contributed by atoms with van der Waals surface area (Å²) >= 11 is 0. The third-order valence-corrected chi connectivity index (χ3v) is 3.96. The second kappa shape index (κ2) is 5.32. The molecule has 20 heavy (non-hydrogen) atoms. The highest BCUT2D eigenvalue weighted by Crippen LogP contribution is 2.26. The fourth-order valence-corrected chi connectivity index (χ4v) is 2.65. The Hall–Kier alpha value is -1.75.